The lowest BCUT2D eigenvalue weighted by Gasteiger charge is -2.24. The van der Waals surface area contributed by atoms with Crippen molar-refractivity contribution in [2.24, 2.45) is 0 Å². The Labute approximate surface area is 180 Å². The lowest BCUT2D eigenvalue weighted by molar-refractivity contribution is -0.140. The van der Waals surface area contributed by atoms with Gasteiger partial charge in [0.15, 0.2) is 0 Å². The van der Waals surface area contributed by atoms with Gasteiger partial charge in [-0.3, -0.25) is 14.6 Å². The molecule has 2 aromatic heterocycles. The second kappa shape index (κ2) is 7.99. The molecule has 0 aliphatic carbocycles. The molecule has 146 valence electrons. The molecular formula is C21H14Cl2N2O3S. The van der Waals surface area contributed by atoms with E-state index in [0.29, 0.717) is 16.1 Å². The van der Waals surface area contributed by atoms with Gasteiger partial charge in [-0.1, -0.05) is 35.3 Å². The summed E-state index contributed by atoms with van der Waals surface area (Å²) in [5.41, 5.74) is 0.935. The van der Waals surface area contributed by atoms with Crippen molar-refractivity contribution in [3.63, 3.8) is 0 Å². The normalized spacial score (nSPS) is 18.4. The van der Waals surface area contributed by atoms with Crippen LogP contribution >= 0.6 is 34.5 Å². The maximum atomic E-state index is 12.9. The van der Waals surface area contributed by atoms with Gasteiger partial charge in [0.05, 0.1) is 28.2 Å². The smallest absolute Gasteiger partial charge is 0.295 e. The highest BCUT2D eigenvalue weighted by Crippen LogP contribution is 2.40. The number of amides is 1. The van der Waals surface area contributed by atoms with Crippen LogP contribution in [0.2, 0.25) is 10.0 Å². The van der Waals surface area contributed by atoms with Crippen molar-refractivity contribution in [1.29, 1.82) is 0 Å². The third-order valence-corrected chi connectivity index (χ3v) is 6.24. The first kappa shape index (κ1) is 19.6. The first-order valence-electron chi connectivity index (χ1n) is 8.63. The SMILES string of the molecule is O=C1C(=O)N(Cc2cccs2)C(c2cccnc2)/C1=C(/O)c1ccc(Cl)c(Cl)c1. The number of nitrogens with zero attached hydrogens (tertiary/aromatic N) is 2. The number of pyridine rings is 1. The largest absolute Gasteiger partial charge is 0.507 e. The summed E-state index contributed by atoms with van der Waals surface area (Å²) in [4.78, 5) is 32.3. The predicted molar refractivity (Wildman–Crippen MR) is 113 cm³/mol. The summed E-state index contributed by atoms with van der Waals surface area (Å²) in [5.74, 6) is -1.72. The van der Waals surface area contributed by atoms with Crippen molar-refractivity contribution in [3.8, 4) is 0 Å². The second-order valence-corrected chi connectivity index (χ2v) is 8.27. The average molecular weight is 445 g/mol. The zero-order chi connectivity index (χ0) is 20.5. The molecule has 0 spiro atoms. The van der Waals surface area contributed by atoms with Gasteiger partial charge < -0.3 is 10.0 Å². The Hall–Kier alpha value is -2.67. The third-order valence-electron chi connectivity index (χ3n) is 4.64. The molecule has 1 amide bonds. The number of benzene rings is 1. The lowest BCUT2D eigenvalue weighted by Crippen LogP contribution is -2.28. The van der Waals surface area contributed by atoms with E-state index in [-0.39, 0.29) is 22.9 Å². The summed E-state index contributed by atoms with van der Waals surface area (Å²) in [6.45, 7) is 0.250. The zero-order valence-corrected chi connectivity index (χ0v) is 17.2. The summed E-state index contributed by atoms with van der Waals surface area (Å²) >= 11 is 13.5. The molecule has 1 saturated heterocycles. The van der Waals surface area contributed by atoms with E-state index < -0.39 is 17.7 Å². The maximum absolute atomic E-state index is 12.9. The Morgan fingerprint density at radius 2 is 1.97 bits per heavy atom. The van der Waals surface area contributed by atoms with E-state index in [1.807, 2.05) is 17.5 Å². The molecule has 0 radical (unpaired) electrons. The first-order chi connectivity index (χ1) is 14.0. The van der Waals surface area contributed by atoms with Crippen LogP contribution < -0.4 is 0 Å². The van der Waals surface area contributed by atoms with Gasteiger partial charge in [-0.25, -0.2) is 0 Å². The lowest BCUT2D eigenvalue weighted by atomic mass is 9.96. The molecule has 0 saturated carbocycles. The number of halogens is 2. The molecular weight excluding hydrogens is 431 g/mol. The molecule has 1 atom stereocenters. The number of hydrogen-bond donors (Lipinski definition) is 1. The van der Waals surface area contributed by atoms with Crippen LogP contribution in [-0.4, -0.2) is 26.7 Å². The standard InChI is InChI=1S/C21H14Cl2N2O3S/c22-15-6-5-12(9-16(15)23)19(26)17-18(13-3-1-7-24-10-13)25(21(28)20(17)27)11-14-4-2-8-29-14/h1-10,18,26H,11H2/b19-17-. The summed E-state index contributed by atoms with van der Waals surface area (Å²) in [6.07, 6.45) is 3.19. The highest BCUT2D eigenvalue weighted by molar-refractivity contribution is 7.09. The fourth-order valence-corrected chi connectivity index (χ4v) is 4.30. The predicted octanol–water partition coefficient (Wildman–Crippen LogP) is 5.07. The Kier molecular flexibility index (Phi) is 5.41. The van der Waals surface area contributed by atoms with Crippen LogP contribution in [0.25, 0.3) is 5.76 Å². The quantitative estimate of drug-likeness (QED) is 0.346. The number of hydrogen-bond acceptors (Lipinski definition) is 5. The zero-order valence-electron chi connectivity index (χ0n) is 14.9. The van der Waals surface area contributed by atoms with Gasteiger partial charge >= 0.3 is 0 Å². The summed E-state index contributed by atoms with van der Waals surface area (Å²) in [5, 5.41) is 13.4. The van der Waals surface area contributed by atoms with Gasteiger partial charge in [0, 0.05) is 22.8 Å². The molecule has 1 fully saturated rings. The topological polar surface area (TPSA) is 70.5 Å². The van der Waals surface area contributed by atoms with Crippen molar-refractivity contribution in [2.75, 3.05) is 0 Å². The second-order valence-electron chi connectivity index (χ2n) is 6.42. The number of aliphatic hydroxyl groups is 1. The highest BCUT2D eigenvalue weighted by atomic mass is 35.5. The number of aromatic nitrogens is 1. The number of likely N-dealkylation sites (tertiary alicyclic amines) is 1. The van der Waals surface area contributed by atoms with Crippen LogP contribution in [0.5, 0.6) is 0 Å². The first-order valence-corrected chi connectivity index (χ1v) is 10.3. The minimum absolute atomic E-state index is 0.00190. The number of carbonyl (C=O) groups is 2. The van der Waals surface area contributed by atoms with Gasteiger partial charge in [0.1, 0.15) is 5.76 Å². The third kappa shape index (κ3) is 3.67. The monoisotopic (exact) mass is 444 g/mol. The van der Waals surface area contributed by atoms with Crippen molar-refractivity contribution in [2.45, 2.75) is 12.6 Å². The van der Waals surface area contributed by atoms with Crippen molar-refractivity contribution in [3.05, 3.63) is 91.9 Å². The molecule has 3 heterocycles. The summed E-state index contributed by atoms with van der Waals surface area (Å²) in [6, 6.07) is 11.0. The van der Waals surface area contributed by atoms with Gasteiger partial charge in [-0.05, 0) is 41.3 Å². The Balaban J connectivity index is 1.87. The van der Waals surface area contributed by atoms with Gasteiger partial charge in [-0.15, -0.1) is 11.3 Å². The number of Topliss-reactive ketones (excluding diaryl/α,β-unsaturated/α-hetero) is 1. The van der Waals surface area contributed by atoms with E-state index in [2.05, 4.69) is 4.98 Å². The molecule has 5 nitrogen and oxygen atoms in total. The average Bonchev–Trinajstić information content (AvgIpc) is 3.32. The van der Waals surface area contributed by atoms with Crippen LogP contribution in [0.15, 0.2) is 65.8 Å². The molecule has 0 bridgehead atoms. The van der Waals surface area contributed by atoms with E-state index >= 15 is 0 Å². The number of ketones is 1. The maximum Gasteiger partial charge on any atom is 0.295 e. The molecule has 8 heteroatoms. The molecule has 1 aliphatic rings. The Morgan fingerprint density at radius 1 is 1.14 bits per heavy atom. The highest BCUT2D eigenvalue weighted by Gasteiger charge is 2.46. The number of thiophene rings is 1. The van der Waals surface area contributed by atoms with E-state index in [1.54, 1.807) is 30.6 Å². The van der Waals surface area contributed by atoms with E-state index in [0.717, 1.165) is 4.88 Å². The van der Waals surface area contributed by atoms with Crippen LogP contribution in [0.1, 0.15) is 22.0 Å². The van der Waals surface area contributed by atoms with Crippen LogP contribution in [0, 0.1) is 0 Å². The van der Waals surface area contributed by atoms with Crippen LogP contribution in [-0.2, 0) is 16.1 Å². The minimum atomic E-state index is -0.764. The Bertz CT molecular complexity index is 1110. The van der Waals surface area contributed by atoms with Crippen molar-refractivity contribution in [1.82, 2.24) is 9.88 Å². The van der Waals surface area contributed by atoms with Crippen molar-refractivity contribution >= 4 is 52.0 Å². The molecule has 1 aliphatic heterocycles. The number of rotatable bonds is 4. The number of carbonyl (C=O) groups excluding carboxylic acids is 2. The molecule has 1 unspecified atom stereocenters. The fourth-order valence-electron chi connectivity index (χ4n) is 3.30. The molecule has 4 rings (SSSR count). The van der Waals surface area contributed by atoms with Gasteiger partial charge in [0.25, 0.3) is 11.7 Å². The van der Waals surface area contributed by atoms with E-state index in [1.165, 1.54) is 28.4 Å². The fraction of sp³-hybridized carbons (Fsp3) is 0.0952. The molecule has 3 aromatic rings. The van der Waals surface area contributed by atoms with E-state index in [4.69, 9.17) is 23.2 Å². The van der Waals surface area contributed by atoms with Gasteiger partial charge in [0.2, 0.25) is 0 Å². The van der Waals surface area contributed by atoms with Crippen LogP contribution in [0.4, 0.5) is 0 Å². The van der Waals surface area contributed by atoms with Crippen LogP contribution in [0.3, 0.4) is 0 Å². The summed E-state index contributed by atoms with van der Waals surface area (Å²) in [7, 11) is 0. The molecule has 1 N–H and O–H groups in total. The van der Waals surface area contributed by atoms with Crippen molar-refractivity contribution < 1.29 is 14.7 Å². The minimum Gasteiger partial charge on any atom is -0.507 e. The Morgan fingerprint density at radius 3 is 2.62 bits per heavy atom. The number of aliphatic hydroxyl groups excluding tert-OH is 1. The van der Waals surface area contributed by atoms with Gasteiger partial charge in [-0.2, -0.15) is 0 Å². The summed E-state index contributed by atoms with van der Waals surface area (Å²) < 4.78 is 0. The molecule has 1 aromatic carbocycles. The van der Waals surface area contributed by atoms with E-state index in [9.17, 15) is 14.7 Å². The molecule has 29 heavy (non-hydrogen) atoms.